The van der Waals surface area contributed by atoms with E-state index in [2.05, 4.69) is 76.7 Å². The number of carbonyl (C=O) groups is 3. The first-order chi connectivity index (χ1) is 39.8. The molecule has 0 aliphatic carbocycles. The van der Waals surface area contributed by atoms with E-state index in [1.165, 1.54) is 48.2 Å². The van der Waals surface area contributed by atoms with E-state index in [4.69, 9.17) is 63.5 Å². The van der Waals surface area contributed by atoms with Crippen molar-refractivity contribution in [3.05, 3.63) is 156 Å². The molecule has 0 radical (unpaired) electrons. The largest absolute Gasteiger partial charge is 0.495 e. The van der Waals surface area contributed by atoms with Crippen LogP contribution in [0.1, 0.15) is 89.2 Å². The van der Waals surface area contributed by atoms with Gasteiger partial charge in [-0.2, -0.15) is 5.26 Å². The first-order valence-corrected chi connectivity index (χ1v) is 28.7. The fourth-order valence-electron chi connectivity index (χ4n) is 8.73. The maximum atomic E-state index is 14.2. The van der Waals surface area contributed by atoms with Crippen LogP contribution in [0.2, 0.25) is 15.1 Å². The Morgan fingerprint density at radius 1 is 0.843 bits per heavy atom. The van der Waals surface area contributed by atoms with Crippen molar-refractivity contribution in [1.82, 2.24) is 30.7 Å². The summed E-state index contributed by atoms with van der Waals surface area (Å²) < 4.78 is 55.0. The predicted octanol–water partition coefficient (Wildman–Crippen LogP) is 11.0. The number of aryl methyl sites for hydroxylation is 2. The van der Waals surface area contributed by atoms with E-state index in [1.54, 1.807) is 53.8 Å². The summed E-state index contributed by atoms with van der Waals surface area (Å²) in [4.78, 5) is 39.5. The third-order valence-corrected chi connectivity index (χ3v) is 14.7. The highest BCUT2D eigenvalue weighted by atomic mass is 35.5. The van der Waals surface area contributed by atoms with E-state index in [0.717, 1.165) is 39.4 Å². The fraction of sp³-hybridized carbons (Fsp3) is 0.417. The van der Waals surface area contributed by atoms with Gasteiger partial charge in [0, 0.05) is 70.1 Å². The van der Waals surface area contributed by atoms with Gasteiger partial charge in [0.15, 0.2) is 5.82 Å². The summed E-state index contributed by atoms with van der Waals surface area (Å²) in [7, 11) is 1.46. The van der Waals surface area contributed by atoms with Crippen LogP contribution in [-0.4, -0.2) is 124 Å². The molecule has 446 valence electrons. The van der Waals surface area contributed by atoms with E-state index in [0.29, 0.717) is 113 Å². The number of nitriles is 1. The Balaban J connectivity index is 0.000000218. The quantitative estimate of drug-likeness (QED) is 0.0369. The van der Waals surface area contributed by atoms with Crippen molar-refractivity contribution in [2.45, 2.75) is 73.4 Å². The fourth-order valence-corrected chi connectivity index (χ4v) is 10.4. The summed E-state index contributed by atoms with van der Waals surface area (Å²) in [6.07, 6.45) is 1.44. The van der Waals surface area contributed by atoms with Gasteiger partial charge < -0.3 is 45.0 Å². The standard InChI is InChI=1S/C21H33N3O8.C17H15ClN4S.C16H20ClFN2.C6H4ClF/c1-17(26)22-5-7-29-9-11-31-13-14-32-12-10-30-8-6-23-21(27)18-3-4-19(24-16-25)20(15-18)28-2;1-9-10(2)23-17-15(9)16(12-4-6-13(18)7-5-12)19-8-14-21-20-11(3)22(14)17;1-16(2,3)7-14-11(8-19)12(9-20-14)10-5-4-6-13(17)15(10)18;7-5-2-1-3-6(8)4-5/h3-4,15-16H,5-14H2,1-2H3,(H,22,26)(H,23,27)(H,24,25);4-7H,8H2,1-3H3;4-6,11-12,14,20H,7,9H2,1-3H3;1-4H. The molecule has 0 saturated carbocycles. The van der Waals surface area contributed by atoms with E-state index in [9.17, 15) is 28.4 Å². The number of anilines is 1. The van der Waals surface area contributed by atoms with Crippen LogP contribution in [-0.2, 0) is 35.1 Å². The molecule has 0 bridgehead atoms. The van der Waals surface area contributed by atoms with Gasteiger partial charge in [-0.1, -0.05) is 85.9 Å². The second kappa shape index (κ2) is 34.4. The Bertz CT molecular complexity index is 3120. The Kier molecular flexibility index (Phi) is 27.9. The number of halogens is 5. The second-order valence-electron chi connectivity index (χ2n) is 20.1. The normalized spacial score (nSPS) is 15.0. The zero-order chi connectivity index (χ0) is 60.5. The van der Waals surface area contributed by atoms with Gasteiger partial charge in [0.1, 0.15) is 34.8 Å². The SMILES string of the molecule is CC(C)(C)CC1NCC(c2cccc(Cl)c2F)C1C#N.COc1cc(C(=O)NCCOCCOCCOCCOCCNC(C)=O)ccc1NC=O.Cc1sc2c(c1C)C(c1ccc(Cl)cc1)=NCc1nnc(C)n1-2.Fc1cccc(Cl)c1. The highest BCUT2D eigenvalue weighted by molar-refractivity contribution is 7.15. The molecule has 2 aliphatic heterocycles. The van der Waals surface area contributed by atoms with Crippen LogP contribution in [0.4, 0.5) is 14.5 Å². The van der Waals surface area contributed by atoms with E-state index < -0.39 is 5.82 Å². The zero-order valence-electron chi connectivity index (χ0n) is 47.9. The van der Waals surface area contributed by atoms with Gasteiger partial charge in [-0.3, -0.25) is 23.9 Å². The number of hydrogen-bond donors (Lipinski definition) is 4. The molecule has 83 heavy (non-hydrogen) atoms. The molecule has 1 saturated heterocycles. The molecule has 4 N–H and O–H groups in total. The Labute approximate surface area is 503 Å². The zero-order valence-corrected chi connectivity index (χ0v) is 51.0. The lowest BCUT2D eigenvalue weighted by atomic mass is 9.79. The van der Waals surface area contributed by atoms with Gasteiger partial charge in [0.05, 0.1) is 88.4 Å². The first-order valence-electron chi connectivity index (χ1n) is 26.8. The number of methoxy groups -OCH3 is 1. The monoisotopic (exact) mass is 1220 g/mol. The topological polar surface area (TPSA) is 212 Å². The van der Waals surface area contributed by atoms with Crippen LogP contribution in [0.15, 0.2) is 89.9 Å². The molecule has 3 atom stereocenters. The van der Waals surface area contributed by atoms with E-state index in [-0.39, 0.29) is 45.9 Å². The molecule has 23 heteroatoms. The lowest BCUT2D eigenvalue weighted by molar-refractivity contribution is -0.119. The molecule has 4 heterocycles. The van der Waals surface area contributed by atoms with Gasteiger partial charge in [0.25, 0.3) is 5.91 Å². The molecule has 0 spiro atoms. The Morgan fingerprint density at radius 2 is 1.48 bits per heavy atom. The summed E-state index contributed by atoms with van der Waals surface area (Å²) in [6, 6.07) is 25.9. The van der Waals surface area contributed by atoms with Crippen molar-refractivity contribution in [3.8, 4) is 16.8 Å². The molecular weight excluding hydrogens is 1150 g/mol. The lowest BCUT2D eigenvalue weighted by Gasteiger charge is -2.26. The van der Waals surface area contributed by atoms with Gasteiger partial charge in [0.2, 0.25) is 12.3 Å². The average molecular weight is 1220 g/mol. The number of nitrogens with zero attached hydrogens (tertiary/aromatic N) is 5. The van der Waals surface area contributed by atoms with Gasteiger partial charge in [-0.15, -0.1) is 21.5 Å². The number of fused-ring (bicyclic) bond motifs is 3. The highest BCUT2D eigenvalue weighted by Crippen LogP contribution is 2.39. The number of carbonyl (C=O) groups excluding carboxylic acids is 3. The Morgan fingerprint density at radius 3 is 2.06 bits per heavy atom. The molecule has 3 amide bonds. The maximum Gasteiger partial charge on any atom is 0.251 e. The molecule has 8 rings (SSSR count). The lowest BCUT2D eigenvalue weighted by Crippen LogP contribution is -2.31. The van der Waals surface area contributed by atoms with Crippen molar-refractivity contribution >= 4 is 75.8 Å². The van der Waals surface area contributed by atoms with Crippen molar-refractivity contribution in [2.24, 2.45) is 16.3 Å². The minimum absolute atomic E-state index is 0.0758. The predicted molar refractivity (Wildman–Crippen MR) is 322 cm³/mol. The summed E-state index contributed by atoms with van der Waals surface area (Å²) in [5, 5.41) is 31.7. The van der Waals surface area contributed by atoms with Crippen molar-refractivity contribution in [1.29, 1.82) is 5.26 Å². The molecule has 2 aliphatic rings. The third-order valence-electron chi connectivity index (χ3n) is 12.8. The number of amides is 3. The molecular formula is C60H72Cl3F2N9O8S. The van der Waals surface area contributed by atoms with Crippen LogP contribution >= 0.6 is 46.1 Å². The minimum Gasteiger partial charge on any atom is -0.495 e. The third kappa shape index (κ3) is 21.3. The number of aromatic nitrogens is 3. The Hall–Kier alpha value is -6.38. The number of benzene rings is 4. The molecule has 17 nitrogen and oxygen atoms in total. The second-order valence-corrected chi connectivity index (χ2v) is 22.6. The molecule has 2 aromatic heterocycles. The minimum atomic E-state index is -0.391. The van der Waals surface area contributed by atoms with Crippen LogP contribution in [0.25, 0.3) is 5.00 Å². The number of aliphatic imine (C=N–C) groups is 1. The molecule has 1 fully saturated rings. The first kappa shape index (κ1) is 67.4. The summed E-state index contributed by atoms with van der Waals surface area (Å²) in [6.45, 7) is 19.6. The van der Waals surface area contributed by atoms with Crippen LogP contribution in [0.3, 0.4) is 0 Å². The molecule has 6 aromatic rings. The summed E-state index contributed by atoms with van der Waals surface area (Å²) >= 11 is 19.1. The number of rotatable bonds is 22. The highest BCUT2D eigenvalue weighted by Gasteiger charge is 2.40. The summed E-state index contributed by atoms with van der Waals surface area (Å²) in [5.74, 6) is 0.800. The maximum absolute atomic E-state index is 14.2. The van der Waals surface area contributed by atoms with Gasteiger partial charge in [-0.05, 0) is 98.3 Å². The number of nitrogens with one attached hydrogen (secondary N) is 4. The van der Waals surface area contributed by atoms with Gasteiger partial charge in [-0.25, -0.2) is 8.78 Å². The van der Waals surface area contributed by atoms with E-state index >= 15 is 0 Å². The molecule has 4 aromatic carbocycles. The molecule has 3 unspecified atom stereocenters. The van der Waals surface area contributed by atoms with Crippen LogP contribution < -0.4 is 26.0 Å². The number of thiophene rings is 1. The van der Waals surface area contributed by atoms with Crippen molar-refractivity contribution in [2.75, 3.05) is 84.9 Å². The van der Waals surface area contributed by atoms with Crippen LogP contribution in [0, 0.1) is 55.1 Å². The smallest absolute Gasteiger partial charge is 0.251 e. The van der Waals surface area contributed by atoms with Crippen molar-refractivity contribution in [3.63, 3.8) is 0 Å². The van der Waals surface area contributed by atoms with E-state index in [1.807, 2.05) is 31.2 Å². The van der Waals surface area contributed by atoms with Crippen molar-refractivity contribution < 1.29 is 46.8 Å². The summed E-state index contributed by atoms with van der Waals surface area (Å²) in [5.41, 5.74) is 6.11. The number of ether oxygens (including phenoxy) is 5. The van der Waals surface area contributed by atoms with Gasteiger partial charge >= 0.3 is 0 Å². The number of hydrogen-bond acceptors (Lipinski definition) is 14. The van der Waals surface area contributed by atoms with Crippen LogP contribution in [0.5, 0.6) is 5.75 Å². The average Bonchev–Trinajstić information content (AvgIpc) is 3.30.